The van der Waals surface area contributed by atoms with Crippen LogP contribution in [0.3, 0.4) is 0 Å². The number of aliphatic hydroxyl groups excluding tert-OH is 1. The Balaban J connectivity index is 1.41. The maximum absolute atomic E-state index is 13.8. The molecule has 2 aromatic carbocycles. The maximum Gasteiger partial charge on any atom is 0.408 e. The Morgan fingerprint density at radius 3 is 2.23 bits per heavy atom. The van der Waals surface area contributed by atoms with Crippen molar-refractivity contribution in [3.63, 3.8) is 0 Å². The molecule has 0 saturated carbocycles. The number of nitrogens with zero attached hydrogens (tertiary/aromatic N) is 3. The van der Waals surface area contributed by atoms with Crippen LogP contribution in [0.2, 0.25) is 0 Å². The first-order valence-electron chi connectivity index (χ1n) is 14.8. The van der Waals surface area contributed by atoms with Crippen LogP contribution in [0.1, 0.15) is 42.6 Å². The van der Waals surface area contributed by atoms with Crippen molar-refractivity contribution in [2.24, 2.45) is 5.92 Å². The molecule has 2 aliphatic rings. The van der Waals surface area contributed by atoms with Crippen molar-refractivity contribution < 1.29 is 33.8 Å². The van der Waals surface area contributed by atoms with Crippen molar-refractivity contribution in [3.8, 4) is 0 Å². The van der Waals surface area contributed by atoms with E-state index in [2.05, 4.69) is 10.6 Å². The summed E-state index contributed by atoms with van der Waals surface area (Å²) < 4.78 is 5.18. The van der Waals surface area contributed by atoms with Gasteiger partial charge in [0.05, 0.1) is 19.2 Å². The number of likely N-dealkylation sites (tertiary alicyclic amines) is 2. The summed E-state index contributed by atoms with van der Waals surface area (Å²) in [6.45, 7) is 3.15. The van der Waals surface area contributed by atoms with Crippen LogP contribution in [0, 0.1) is 5.92 Å². The average Bonchev–Trinajstić information content (AvgIpc) is 3.59. The van der Waals surface area contributed by atoms with E-state index in [1.54, 1.807) is 36.4 Å². The van der Waals surface area contributed by atoms with Crippen molar-refractivity contribution in [2.45, 2.75) is 57.5 Å². The van der Waals surface area contributed by atoms with E-state index in [0.717, 1.165) is 11.3 Å². The van der Waals surface area contributed by atoms with Gasteiger partial charge in [0.2, 0.25) is 11.8 Å². The van der Waals surface area contributed by atoms with E-state index in [-0.39, 0.29) is 37.3 Å². The fourth-order valence-electron chi connectivity index (χ4n) is 5.70. The number of fused-ring (bicyclic) bond motifs is 1. The fraction of sp³-hybridized carbons (Fsp3) is 0.469. The number of aliphatic hydroxyl groups is 1. The van der Waals surface area contributed by atoms with E-state index in [9.17, 15) is 29.1 Å². The van der Waals surface area contributed by atoms with Crippen molar-refractivity contribution in [1.82, 2.24) is 20.4 Å². The number of ether oxygens (including phenoxy) is 1. The molecule has 12 heteroatoms. The van der Waals surface area contributed by atoms with E-state index in [0.29, 0.717) is 18.4 Å². The molecule has 0 spiro atoms. The number of anilines is 1. The lowest BCUT2D eigenvalue weighted by Crippen LogP contribution is -2.54. The monoisotopic (exact) mass is 607 g/mol. The Morgan fingerprint density at radius 1 is 0.955 bits per heavy atom. The molecule has 3 N–H and O–H groups in total. The lowest BCUT2D eigenvalue weighted by molar-refractivity contribution is -0.138. The van der Waals surface area contributed by atoms with Gasteiger partial charge in [-0.15, -0.1) is 0 Å². The second kappa shape index (κ2) is 14.3. The Morgan fingerprint density at radius 2 is 1.61 bits per heavy atom. The van der Waals surface area contributed by atoms with Gasteiger partial charge in [-0.05, 0) is 48.6 Å². The highest BCUT2D eigenvalue weighted by atomic mass is 16.5. The van der Waals surface area contributed by atoms with Crippen molar-refractivity contribution in [3.05, 3.63) is 65.7 Å². The number of hydrogen-bond donors (Lipinski definition) is 3. The quantitative estimate of drug-likeness (QED) is 0.349. The number of rotatable bonds is 11. The summed E-state index contributed by atoms with van der Waals surface area (Å²) in [5.41, 5.74) is 2.10. The Bertz CT molecular complexity index is 1350. The molecule has 12 nitrogen and oxygen atoms in total. The highest BCUT2D eigenvalue weighted by molar-refractivity contribution is 6.01. The molecule has 0 radical (unpaired) electrons. The van der Waals surface area contributed by atoms with Gasteiger partial charge < -0.3 is 35.2 Å². The molecule has 4 rings (SSSR count). The van der Waals surface area contributed by atoms with Gasteiger partial charge in [0.1, 0.15) is 24.7 Å². The summed E-state index contributed by atoms with van der Waals surface area (Å²) in [5.74, 6) is -1.64. The van der Waals surface area contributed by atoms with Crippen LogP contribution in [-0.2, 0) is 25.7 Å². The molecule has 2 saturated heterocycles. The van der Waals surface area contributed by atoms with Crippen LogP contribution in [0.15, 0.2) is 54.6 Å². The number of carbonyl (C=O) groups is 5. The summed E-state index contributed by atoms with van der Waals surface area (Å²) >= 11 is 0. The number of benzene rings is 2. The molecule has 2 aliphatic heterocycles. The lowest BCUT2D eigenvalue weighted by Gasteiger charge is -2.29. The van der Waals surface area contributed by atoms with Crippen LogP contribution in [0.5, 0.6) is 0 Å². The van der Waals surface area contributed by atoms with Crippen molar-refractivity contribution >= 4 is 35.3 Å². The highest BCUT2D eigenvalue weighted by Gasteiger charge is 2.53. The first kappa shape index (κ1) is 32.5. The molecule has 0 bridgehead atoms. The summed E-state index contributed by atoms with van der Waals surface area (Å²) in [4.78, 5) is 70.6. The van der Waals surface area contributed by atoms with Gasteiger partial charge in [-0.2, -0.15) is 0 Å². The predicted octanol–water partition coefficient (Wildman–Crippen LogP) is 1.57. The first-order valence-corrected chi connectivity index (χ1v) is 14.8. The Kier molecular flexibility index (Phi) is 10.6. The number of nitrogens with one attached hydrogen (secondary N) is 2. The minimum atomic E-state index is -1.32. The van der Waals surface area contributed by atoms with E-state index in [1.165, 1.54) is 9.80 Å². The third kappa shape index (κ3) is 7.54. The van der Waals surface area contributed by atoms with E-state index < -0.39 is 48.7 Å². The SMILES string of the molecule is CC(C)C[C@H](NC(=O)c1ccc(N(C)C)cc1)C(=O)N1CC[C@@H]2C1C(=O)CN2C(=O)[C@H](CO)NC(=O)OCc1ccccc1. The van der Waals surface area contributed by atoms with Gasteiger partial charge in [0.15, 0.2) is 5.78 Å². The summed E-state index contributed by atoms with van der Waals surface area (Å²) in [6, 6.07) is 12.4. The van der Waals surface area contributed by atoms with E-state index >= 15 is 0 Å². The van der Waals surface area contributed by atoms with Crippen LogP contribution in [-0.4, -0.2) is 102 Å². The van der Waals surface area contributed by atoms with E-state index in [4.69, 9.17) is 4.74 Å². The van der Waals surface area contributed by atoms with Gasteiger partial charge in [-0.1, -0.05) is 44.2 Å². The van der Waals surface area contributed by atoms with Gasteiger partial charge in [0.25, 0.3) is 5.91 Å². The largest absolute Gasteiger partial charge is 0.445 e. The number of carbonyl (C=O) groups excluding carboxylic acids is 5. The Labute approximate surface area is 257 Å². The normalized spacial score (nSPS) is 18.9. The highest BCUT2D eigenvalue weighted by Crippen LogP contribution is 2.31. The van der Waals surface area contributed by atoms with Crippen molar-refractivity contribution in [1.29, 1.82) is 0 Å². The average molecular weight is 608 g/mol. The molecule has 2 aromatic rings. The Hall–Kier alpha value is -4.45. The van der Waals surface area contributed by atoms with E-state index in [1.807, 2.05) is 51.0 Å². The van der Waals surface area contributed by atoms with Crippen LogP contribution < -0.4 is 15.5 Å². The predicted molar refractivity (Wildman–Crippen MR) is 163 cm³/mol. The lowest BCUT2D eigenvalue weighted by atomic mass is 10.0. The number of Topliss-reactive ketones (excluding diaryl/α,β-unsaturated/α-hetero) is 1. The second-order valence-corrected chi connectivity index (χ2v) is 11.8. The molecule has 2 heterocycles. The molecular weight excluding hydrogens is 566 g/mol. The topological polar surface area (TPSA) is 149 Å². The van der Waals surface area contributed by atoms with Crippen LogP contribution >= 0.6 is 0 Å². The molecule has 44 heavy (non-hydrogen) atoms. The third-order valence-electron chi connectivity index (χ3n) is 7.93. The van der Waals surface area contributed by atoms with Gasteiger partial charge in [-0.3, -0.25) is 19.2 Å². The zero-order valence-electron chi connectivity index (χ0n) is 25.6. The standard InChI is InChI=1S/C32H41N5O7/c1-20(2)16-24(33-29(40)22-10-12-23(13-11-22)35(3)4)30(41)36-15-14-26-28(36)27(39)17-37(26)31(42)25(18-38)34-32(43)44-19-21-8-6-5-7-9-21/h5-13,20,24-26,28,38H,14-19H2,1-4H3,(H,33,40)(H,34,43)/t24-,25-,26+,28?/m0/s1. The van der Waals surface area contributed by atoms with Gasteiger partial charge in [0, 0.05) is 31.9 Å². The molecule has 2 fully saturated rings. The number of alkyl carbamates (subject to hydrolysis) is 1. The minimum absolute atomic E-state index is 0.0154. The molecule has 236 valence electrons. The zero-order valence-corrected chi connectivity index (χ0v) is 25.6. The molecule has 4 amide bonds. The second-order valence-electron chi connectivity index (χ2n) is 11.8. The summed E-state index contributed by atoms with van der Waals surface area (Å²) in [6.07, 6.45) is -0.166. The maximum atomic E-state index is 13.8. The molecule has 1 unspecified atom stereocenters. The fourth-order valence-corrected chi connectivity index (χ4v) is 5.70. The summed E-state index contributed by atoms with van der Waals surface area (Å²) in [5, 5.41) is 15.2. The molecule has 4 atom stereocenters. The smallest absolute Gasteiger partial charge is 0.408 e. The zero-order chi connectivity index (χ0) is 32.0. The third-order valence-corrected chi connectivity index (χ3v) is 7.93. The molecule has 0 aliphatic carbocycles. The molecular formula is C32H41N5O7. The number of hydrogen-bond acceptors (Lipinski definition) is 8. The minimum Gasteiger partial charge on any atom is -0.445 e. The van der Waals surface area contributed by atoms with Gasteiger partial charge in [-0.25, -0.2) is 4.79 Å². The van der Waals surface area contributed by atoms with Crippen molar-refractivity contribution in [2.75, 3.05) is 38.7 Å². The first-order chi connectivity index (χ1) is 21.0. The molecule has 0 aromatic heterocycles. The number of ketones is 1. The van der Waals surface area contributed by atoms with Crippen LogP contribution in [0.4, 0.5) is 10.5 Å². The number of amides is 4. The summed E-state index contributed by atoms with van der Waals surface area (Å²) in [7, 11) is 3.80. The van der Waals surface area contributed by atoms with Crippen LogP contribution in [0.25, 0.3) is 0 Å². The van der Waals surface area contributed by atoms with Gasteiger partial charge >= 0.3 is 6.09 Å².